The second-order valence-electron chi connectivity index (χ2n) is 15.6. The van der Waals surface area contributed by atoms with Crippen molar-refractivity contribution in [3.05, 3.63) is 40.2 Å². The normalized spacial score (nSPS) is 16.9. The molecule has 1 aromatic carbocycles. The molecule has 8 N–H and O–H groups in total. The topological polar surface area (TPSA) is 198 Å². The Morgan fingerprint density at radius 2 is 1.15 bits per heavy atom. The molecule has 334 valence electrons. The lowest BCUT2D eigenvalue weighted by Crippen LogP contribution is -2.43. The summed E-state index contributed by atoms with van der Waals surface area (Å²) in [6.07, 6.45) is 12.6. The number of carbonyl (C=O) groups excluding carboxylic acids is 1. The van der Waals surface area contributed by atoms with E-state index in [4.69, 9.17) is 24.1 Å². The van der Waals surface area contributed by atoms with Gasteiger partial charge in [-0.1, -0.05) is 64.7 Å². The molecule has 17 heteroatoms. The molecule has 1 amide bonds. The number of nitrogens with zero attached hydrogens (tertiary/aromatic N) is 5. The van der Waals surface area contributed by atoms with Crippen LogP contribution in [0.3, 0.4) is 0 Å². The molecule has 4 heterocycles. The fourth-order valence-electron chi connectivity index (χ4n) is 7.22. The predicted molar refractivity (Wildman–Crippen MR) is 242 cm³/mol. The Hall–Kier alpha value is -4.13. The summed E-state index contributed by atoms with van der Waals surface area (Å²) >= 11 is 0. The van der Waals surface area contributed by atoms with E-state index in [-0.39, 0.29) is 12.1 Å². The third kappa shape index (κ3) is 17.5. The standard InChI is InChI=1S/C43H73N13O4/c1-2-3-4-5-6-7-8-9-10-11-32-59-36-13-12-35-33-37(40(58)60-38(35)34-36)39(57)50-22-23-51-41-52-42(55-28-24-46-18-14-44-15-19-47-25-29-55)54-43(53-41)56-30-26-48-20-16-45-17-21-49-27-31-56/h12-13,33-34,44-49H,2-11,14-32H2,1H3,(H,50,57)(H,51,52,53,54). The van der Waals surface area contributed by atoms with Gasteiger partial charge in [-0.2, -0.15) is 15.0 Å². The fraction of sp³-hybridized carbons (Fsp3) is 0.698. The van der Waals surface area contributed by atoms with Crippen molar-refractivity contribution >= 4 is 34.7 Å². The molecule has 5 rings (SSSR count). The number of nitrogens with one attached hydrogen (secondary N) is 8. The molecule has 17 nitrogen and oxygen atoms in total. The third-order valence-electron chi connectivity index (χ3n) is 10.7. The molecular formula is C43H73N13O4. The number of anilines is 3. The Kier molecular flexibility index (Phi) is 22.2. The van der Waals surface area contributed by atoms with E-state index in [1.54, 1.807) is 12.1 Å². The average molecular weight is 836 g/mol. The number of hydrogen-bond acceptors (Lipinski definition) is 16. The molecule has 2 saturated heterocycles. The van der Waals surface area contributed by atoms with Crippen LogP contribution in [0, 0.1) is 0 Å². The summed E-state index contributed by atoms with van der Waals surface area (Å²) in [5.41, 5.74) is -0.348. The van der Waals surface area contributed by atoms with Crippen molar-refractivity contribution in [2.45, 2.75) is 71.1 Å². The summed E-state index contributed by atoms with van der Waals surface area (Å²) in [5, 5.41) is 27.8. The van der Waals surface area contributed by atoms with Gasteiger partial charge in [-0.3, -0.25) is 4.79 Å². The number of hydrogen-bond donors (Lipinski definition) is 8. The number of carbonyl (C=O) groups is 1. The largest absolute Gasteiger partial charge is 0.493 e. The summed E-state index contributed by atoms with van der Waals surface area (Å²) in [7, 11) is 0. The Morgan fingerprint density at radius 1 is 0.650 bits per heavy atom. The summed E-state index contributed by atoms with van der Waals surface area (Å²) in [6, 6.07) is 6.98. The van der Waals surface area contributed by atoms with Crippen LogP contribution in [-0.2, 0) is 0 Å². The van der Waals surface area contributed by atoms with Crippen LogP contribution in [0.2, 0.25) is 0 Å². The van der Waals surface area contributed by atoms with Gasteiger partial charge in [-0.15, -0.1) is 0 Å². The van der Waals surface area contributed by atoms with Crippen LogP contribution in [0.4, 0.5) is 17.8 Å². The van der Waals surface area contributed by atoms with Crippen LogP contribution in [0.15, 0.2) is 33.5 Å². The molecule has 0 bridgehead atoms. The highest BCUT2D eigenvalue weighted by Crippen LogP contribution is 2.22. The van der Waals surface area contributed by atoms with E-state index in [9.17, 15) is 9.59 Å². The molecule has 0 aliphatic carbocycles. The second kappa shape index (κ2) is 28.4. The highest BCUT2D eigenvalue weighted by molar-refractivity contribution is 5.96. The number of rotatable bonds is 19. The molecule has 0 saturated carbocycles. The Balaban J connectivity index is 1.16. The van der Waals surface area contributed by atoms with Crippen LogP contribution < -0.4 is 62.7 Å². The zero-order chi connectivity index (χ0) is 41.9. The van der Waals surface area contributed by atoms with Crippen LogP contribution >= 0.6 is 0 Å². The molecule has 2 aliphatic rings. The fourth-order valence-corrected chi connectivity index (χ4v) is 7.22. The van der Waals surface area contributed by atoms with Gasteiger partial charge in [0.05, 0.1) is 6.61 Å². The van der Waals surface area contributed by atoms with Gasteiger partial charge in [-0.25, -0.2) is 4.79 Å². The van der Waals surface area contributed by atoms with Crippen molar-refractivity contribution in [2.75, 3.05) is 140 Å². The quantitative estimate of drug-likeness (QED) is 0.0647. The number of benzene rings is 1. The highest BCUT2D eigenvalue weighted by atomic mass is 16.5. The number of ether oxygens (including phenoxy) is 1. The first-order valence-electron chi connectivity index (χ1n) is 22.8. The van der Waals surface area contributed by atoms with E-state index in [1.165, 1.54) is 51.4 Å². The van der Waals surface area contributed by atoms with Crippen molar-refractivity contribution in [2.24, 2.45) is 0 Å². The van der Waals surface area contributed by atoms with Crippen LogP contribution in [0.5, 0.6) is 5.75 Å². The van der Waals surface area contributed by atoms with Gasteiger partial charge in [0.15, 0.2) is 0 Å². The van der Waals surface area contributed by atoms with E-state index in [2.05, 4.69) is 59.3 Å². The van der Waals surface area contributed by atoms with E-state index >= 15 is 0 Å². The van der Waals surface area contributed by atoms with E-state index in [1.807, 2.05) is 12.1 Å². The maximum Gasteiger partial charge on any atom is 0.349 e. The van der Waals surface area contributed by atoms with Gasteiger partial charge >= 0.3 is 5.63 Å². The maximum absolute atomic E-state index is 13.2. The van der Waals surface area contributed by atoms with Crippen LogP contribution in [0.25, 0.3) is 11.0 Å². The minimum Gasteiger partial charge on any atom is -0.493 e. The van der Waals surface area contributed by atoms with E-state index in [0.29, 0.717) is 47.7 Å². The first-order valence-corrected chi connectivity index (χ1v) is 22.8. The zero-order valence-electron chi connectivity index (χ0n) is 36.2. The number of fused-ring (bicyclic) bond motifs is 1. The van der Waals surface area contributed by atoms with Gasteiger partial charge in [-0.05, 0) is 24.6 Å². The first-order chi connectivity index (χ1) is 29.6. The predicted octanol–water partition coefficient (Wildman–Crippen LogP) is 2.30. The van der Waals surface area contributed by atoms with E-state index < -0.39 is 11.5 Å². The zero-order valence-corrected chi connectivity index (χ0v) is 36.2. The average Bonchev–Trinajstić information content (AvgIpc) is 3.24. The van der Waals surface area contributed by atoms with Crippen molar-refractivity contribution in [3.8, 4) is 5.75 Å². The lowest BCUT2D eigenvalue weighted by molar-refractivity contribution is 0.0951. The summed E-state index contributed by atoms with van der Waals surface area (Å²) in [4.78, 5) is 45.4. The molecule has 60 heavy (non-hydrogen) atoms. The lowest BCUT2D eigenvalue weighted by Gasteiger charge is -2.28. The molecule has 2 fully saturated rings. The van der Waals surface area contributed by atoms with Crippen molar-refractivity contribution in [1.82, 2.24) is 52.2 Å². The Bertz CT molecular complexity index is 1640. The monoisotopic (exact) mass is 836 g/mol. The molecule has 0 radical (unpaired) electrons. The van der Waals surface area contributed by atoms with Gasteiger partial charge in [0, 0.05) is 129 Å². The molecule has 0 unspecified atom stereocenters. The number of aromatic nitrogens is 3. The molecule has 0 spiro atoms. The van der Waals surface area contributed by atoms with Crippen LogP contribution in [-0.4, -0.2) is 145 Å². The van der Waals surface area contributed by atoms with Gasteiger partial charge in [0.2, 0.25) is 17.8 Å². The lowest BCUT2D eigenvalue weighted by atomic mass is 10.1. The van der Waals surface area contributed by atoms with Crippen molar-refractivity contribution < 1.29 is 13.9 Å². The first kappa shape index (κ1) is 46.9. The van der Waals surface area contributed by atoms with E-state index in [0.717, 1.165) is 118 Å². The minimum atomic E-state index is -0.691. The van der Waals surface area contributed by atoms with Gasteiger partial charge < -0.3 is 61.5 Å². The molecule has 2 aromatic heterocycles. The summed E-state index contributed by atoms with van der Waals surface area (Å²) in [6.45, 7) is 16.7. The Morgan fingerprint density at radius 3 is 1.68 bits per heavy atom. The van der Waals surface area contributed by atoms with Gasteiger partial charge in [0.25, 0.3) is 5.91 Å². The van der Waals surface area contributed by atoms with Gasteiger partial charge in [0.1, 0.15) is 16.9 Å². The highest BCUT2D eigenvalue weighted by Gasteiger charge is 2.19. The summed E-state index contributed by atoms with van der Waals surface area (Å²) < 4.78 is 11.6. The maximum atomic E-state index is 13.2. The Labute approximate surface area is 356 Å². The SMILES string of the molecule is CCCCCCCCCCCCOc1ccc2cc(C(=O)NCCNc3nc(N4CCNCCNCCNCC4)nc(N4CCNCCNCCNCC4)n3)c(=O)oc2c1. The molecule has 3 aromatic rings. The summed E-state index contributed by atoms with van der Waals surface area (Å²) in [5.74, 6) is 1.77. The van der Waals surface area contributed by atoms with Crippen molar-refractivity contribution in [1.29, 1.82) is 0 Å². The second-order valence-corrected chi connectivity index (χ2v) is 15.6. The smallest absolute Gasteiger partial charge is 0.349 e. The number of unbranched alkanes of at least 4 members (excludes halogenated alkanes) is 9. The van der Waals surface area contributed by atoms with Crippen LogP contribution in [0.1, 0.15) is 81.5 Å². The molecular weight excluding hydrogens is 763 g/mol. The molecule has 0 atom stereocenters. The van der Waals surface area contributed by atoms with Crippen molar-refractivity contribution in [3.63, 3.8) is 0 Å². The number of amides is 1. The third-order valence-corrected chi connectivity index (χ3v) is 10.7. The molecule has 2 aliphatic heterocycles. The minimum absolute atomic E-state index is 0.0483.